The van der Waals surface area contributed by atoms with Crippen LogP contribution in [-0.2, 0) is 11.2 Å². The summed E-state index contributed by atoms with van der Waals surface area (Å²) >= 11 is 12.5. The van der Waals surface area contributed by atoms with Gasteiger partial charge in [0.15, 0.2) is 11.5 Å². The lowest BCUT2D eigenvalue weighted by Crippen LogP contribution is -2.42. The van der Waals surface area contributed by atoms with Crippen molar-refractivity contribution in [3.63, 3.8) is 0 Å². The highest BCUT2D eigenvalue weighted by atomic mass is 35.5. The smallest absolute Gasteiger partial charge is 0.337 e. The van der Waals surface area contributed by atoms with Gasteiger partial charge in [-0.3, -0.25) is 4.79 Å². The van der Waals surface area contributed by atoms with E-state index >= 15 is 0 Å². The lowest BCUT2D eigenvalue weighted by atomic mass is 9.91. The number of carbonyl (C=O) groups is 2. The number of ether oxygens (including phenoxy) is 4. The summed E-state index contributed by atoms with van der Waals surface area (Å²) in [6.07, 6.45) is 0.615. The Labute approximate surface area is 219 Å². The maximum atomic E-state index is 13.7. The molecule has 0 fully saturated rings. The topological polar surface area (TPSA) is 74.3 Å². The van der Waals surface area contributed by atoms with Crippen LogP contribution in [0.25, 0.3) is 0 Å². The van der Waals surface area contributed by atoms with E-state index in [4.69, 9.17) is 42.1 Å². The second-order valence-corrected chi connectivity index (χ2v) is 8.97. The molecule has 188 valence electrons. The molecule has 0 bridgehead atoms. The fourth-order valence-corrected chi connectivity index (χ4v) is 4.62. The van der Waals surface area contributed by atoms with Gasteiger partial charge in [-0.25, -0.2) is 4.79 Å². The molecule has 7 nitrogen and oxygen atoms in total. The molecule has 3 aromatic rings. The summed E-state index contributed by atoms with van der Waals surface area (Å²) in [6, 6.07) is 14.8. The van der Waals surface area contributed by atoms with E-state index in [-0.39, 0.29) is 12.5 Å². The van der Waals surface area contributed by atoms with Gasteiger partial charge in [-0.2, -0.15) is 0 Å². The molecule has 0 radical (unpaired) electrons. The van der Waals surface area contributed by atoms with E-state index in [1.54, 1.807) is 61.6 Å². The van der Waals surface area contributed by atoms with Crippen LogP contribution >= 0.6 is 23.2 Å². The molecule has 4 rings (SSSR count). The van der Waals surface area contributed by atoms with Crippen LogP contribution in [0.15, 0.2) is 54.6 Å². The average Bonchev–Trinajstić information content (AvgIpc) is 2.91. The average molecular weight is 530 g/mol. The van der Waals surface area contributed by atoms with Crippen molar-refractivity contribution < 1.29 is 28.5 Å². The first-order chi connectivity index (χ1) is 17.4. The third kappa shape index (κ3) is 5.22. The molecule has 0 spiro atoms. The molecule has 0 aliphatic carbocycles. The number of benzene rings is 3. The van der Waals surface area contributed by atoms with E-state index in [9.17, 15) is 9.59 Å². The fourth-order valence-electron chi connectivity index (χ4n) is 4.25. The third-order valence-electron chi connectivity index (χ3n) is 6.11. The van der Waals surface area contributed by atoms with Crippen LogP contribution in [-0.4, -0.2) is 51.3 Å². The van der Waals surface area contributed by atoms with Gasteiger partial charge in [0, 0.05) is 11.6 Å². The summed E-state index contributed by atoms with van der Waals surface area (Å²) in [4.78, 5) is 27.1. The monoisotopic (exact) mass is 529 g/mol. The van der Waals surface area contributed by atoms with Crippen molar-refractivity contribution in [2.24, 2.45) is 0 Å². The Hall–Kier alpha value is -3.42. The Morgan fingerprint density at radius 2 is 1.64 bits per heavy atom. The molecule has 1 unspecified atom stereocenters. The molecule has 1 amide bonds. The molecule has 1 aliphatic heterocycles. The second kappa shape index (κ2) is 11.1. The van der Waals surface area contributed by atoms with Gasteiger partial charge < -0.3 is 23.8 Å². The molecule has 0 N–H and O–H groups in total. The number of methoxy groups -OCH3 is 3. The van der Waals surface area contributed by atoms with E-state index in [0.717, 1.165) is 11.1 Å². The lowest BCUT2D eigenvalue weighted by Gasteiger charge is -2.38. The molecule has 9 heteroatoms. The second-order valence-electron chi connectivity index (χ2n) is 8.12. The zero-order valence-corrected chi connectivity index (χ0v) is 21.6. The molecular formula is C27H25Cl2NO6. The van der Waals surface area contributed by atoms with Gasteiger partial charge >= 0.3 is 5.97 Å². The van der Waals surface area contributed by atoms with Gasteiger partial charge in [0.25, 0.3) is 5.91 Å². The number of amides is 1. The summed E-state index contributed by atoms with van der Waals surface area (Å²) in [5, 5.41) is 0.741. The Bertz CT molecular complexity index is 1280. The van der Waals surface area contributed by atoms with Gasteiger partial charge in [0.2, 0.25) is 0 Å². The SMILES string of the molecule is COC(=O)c1ccc(OCC2c3cc(OC)c(OC)cc3CCN2C(=O)c2cc(Cl)ccc2Cl)cc1. The summed E-state index contributed by atoms with van der Waals surface area (Å²) < 4.78 is 21.8. The predicted octanol–water partition coefficient (Wildman–Crippen LogP) is 5.62. The number of rotatable bonds is 7. The lowest BCUT2D eigenvalue weighted by molar-refractivity contribution is 0.0583. The van der Waals surface area contributed by atoms with Crippen molar-refractivity contribution in [1.29, 1.82) is 0 Å². The quantitative estimate of drug-likeness (QED) is 0.370. The molecule has 1 atom stereocenters. The standard InChI is InChI=1S/C27H25Cl2NO6/c1-33-24-12-17-10-11-30(26(31)21-13-18(28)6-9-22(21)29)23(20(17)14-25(24)34-2)15-36-19-7-4-16(5-8-19)27(32)35-3/h4-9,12-14,23H,10-11,15H2,1-3H3. The first-order valence-electron chi connectivity index (χ1n) is 11.2. The van der Waals surface area contributed by atoms with Crippen LogP contribution in [0, 0.1) is 0 Å². The summed E-state index contributed by atoms with van der Waals surface area (Å²) in [7, 11) is 4.48. The zero-order valence-electron chi connectivity index (χ0n) is 20.0. The van der Waals surface area contributed by atoms with Crippen molar-refractivity contribution in [3.05, 3.63) is 86.9 Å². The number of esters is 1. The molecule has 1 aliphatic rings. The number of nitrogens with zero attached hydrogens (tertiary/aromatic N) is 1. The van der Waals surface area contributed by atoms with Gasteiger partial charge in [-0.15, -0.1) is 0 Å². The Balaban J connectivity index is 1.69. The van der Waals surface area contributed by atoms with Gasteiger partial charge in [0.05, 0.1) is 43.5 Å². The van der Waals surface area contributed by atoms with E-state index in [1.807, 2.05) is 12.1 Å². The molecule has 0 saturated heterocycles. The van der Waals surface area contributed by atoms with Crippen molar-refractivity contribution in [3.8, 4) is 17.2 Å². The maximum Gasteiger partial charge on any atom is 0.337 e. The number of halogens is 2. The minimum absolute atomic E-state index is 0.157. The first kappa shape index (κ1) is 25.7. The van der Waals surface area contributed by atoms with Crippen LogP contribution in [0.2, 0.25) is 10.0 Å². The van der Waals surface area contributed by atoms with Crippen molar-refractivity contribution in [1.82, 2.24) is 4.90 Å². The number of fused-ring (bicyclic) bond motifs is 1. The summed E-state index contributed by atoms with van der Waals surface area (Å²) in [5.41, 5.74) is 2.65. The van der Waals surface area contributed by atoms with Gasteiger partial charge in [-0.05, 0) is 72.1 Å². The van der Waals surface area contributed by atoms with E-state index in [0.29, 0.717) is 51.4 Å². The third-order valence-corrected chi connectivity index (χ3v) is 6.67. The largest absolute Gasteiger partial charge is 0.493 e. The Morgan fingerprint density at radius 1 is 0.944 bits per heavy atom. The van der Waals surface area contributed by atoms with Crippen LogP contribution in [0.4, 0.5) is 0 Å². The van der Waals surface area contributed by atoms with Crippen LogP contribution in [0.1, 0.15) is 37.9 Å². The van der Waals surface area contributed by atoms with Crippen molar-refractivity contribution in [2.75, 3.05) is 34.5 Å². The minimum Gasteiger partial charge on any atom is -0.493 e. The van der Waals surface area contributed by atoms with Crippen molar-refractivity contribution in [2.45, 2.75) is 12.5 Å². The maximum absolute atomic E-state index is 13.7. The molecule has 0 aromatic heterocycles. The highest BCUT2D eigenvalue weighted by Gasteiger charge is 2.34. The summed E-state index contributed by atoms with van der Waals surface area (Å²) in [6.45, 7) is 0.601. The van der Waals surface area contributed by atoms with E-state index in [2.05, 4.69) is 0 Å². The normalized spacial score (nSPS) is 14.6. The molecule has 3 aromatic carbocycles. The molecule has 0 saturated carbocycles. The van der Waals surface area contributed by atoms with Crippen LogP contribution in [0.3, 0.4) is 0 Å². The summed E-state index contributed by atoms with van der Waals surface area (Å²) in [5.74, 6) is 1.03. The molecular weight excluding hydrogens is 505 g/mol. The van der Waals surface area contributed by atoms with Crippen LogP contribution in [0.5, 0.6) is 17.2 Å². The molecule has 36 heavy (non-hydrogen) atoms. The minimum atomic E-state index is -0.448. The number of carbonyl (C=O) groups excluding carboxylic acids is 2. The predicted molar refractivity (Wildman–Crippen MR) is 137 cm³/mol. The first-order valence-corrected chi connectivity index (χ1v) is 11.9. The number of hydrogen-bond acceptors (Lipinski definition) is 6. The highest BCUT2D eigenvalue weighted by molar-refractivity contribution is 6.35. The zero-order chi connectivity index (χ0) is 25.8. The van der Waals surface area contributed by atoms with Crippen LogP contribution < -0.4 is 14.2 Å². The Kier molecular flexibility index (Phi) is 7.91. The van der Waals surface area contributed by atoms with Gasteiger partial charge in [-0.1, -0.05) is 23.2 Å². The molecule has 1 heterocycles. The number of hydrogen-bond donors (Lipinski definition) is 0. The van der Waals surface area contributed by atoms with E-state index in [1.165, 1.54) is 7.11 Å². The Morgan fingerprint density at radius 3 is 2.31 bits per heavy atom. The van der Waals surface area contributed by atoms with Gasteiger partial charge in [0.1, 0.15) is 12.4 Å². The van der Waals surface area contributed by atoms with E-state index < -0.39 is 12.0 Å². The van der Waals surface area contributed by atoms with Crippen molar-refractivity contribution >= 4 is 35.1 Å². The highest BCUT2D eigenvalue weighted by Crippen LogP contribution is 2.39. The fraction of sp³-hybridized carbons (Fsp3) is 0.259.